The van der Waals surface area contributed by atoms with E-state index in [1.807, 2.05) is 30.3 Å². The summed E-state index contributed by atoms with van der Waals surface area (Å²) in [5.74, 6) is -0.147. The summed E-state index contributed by atoms with van der Waals surface area (Å²) in [7, 11) is 0. The molecule has 0 aliphatic carbocycles. The van der Waals surface area contributed by atoms with Crippen LogP contribution in [0.5, 0.6) is 5.75 Å². The van der Waals surface area contributed by atoms with Crippen LogP contribution in [0.2, 0.25) is 0 Å². The maximum absolute atomic E-state index is 13.1. The van der Waals surface area contributed by atoms with Gasteiger partial charge >= 0.3 is 0 Å². The summed E-state index contributed by atoms with van der Waals surface area (Å²) in [6.07, 6.45) is 2.22. The summed E-state index contributed by atoms with van der Waals surface area (Å²) in [5.41, 5.74) is 3.14. The predicted octanol–water partition coefficient (Wildman–Crippen LogP) is 4.96. The van der Waals surface area contributed by atoms with Gasteiger partial charge in [0.25, 0.3) is 11.7 Å². The van der Waals surface area contributed by atoms with Crippen LogP contribution in [0.25, 0.3) is 5.76 Å². The lowest BCUT2D eigenvalue weighted by molar-refractivity contribution is -0.132. The molecule has 5 rings (SSSR count). The molecule has 32 heavy (non-hydrogen) atoms. The van der Waals surface area contributed by atoms with E-state index >= 15 is 0 Å². The van der Waals surface area contributed by atoms with Crippen LogP contribution in [0.3, 0.4) is 0 Å². The molecule has 2 aliphatic heterocycles. The van der Waals surface area contributed by atoms with Gasteiger partial charge in [0.1, 0.15) is 23.3 Å². The number of ether oxygens (including phenoxy) is 1. The lowest BCUT2D eigenvalue weighted by Gasteiger charge is -2.23. The third-order valence-electron chi connectivity index (χ3n) is 6.06. The van der Waals surface area contributed by atoms with Gasteiger partial charge in [-0.05, 0) is 59.5 Å². The largest absolute Gasteiger partial charge is 0.507 e. The molecule has 0 radical (unpaired) electrons. The third kappa shape index (κ3) is 3.19. The highest BCUT2D eigenvalue weighted by atomic mass is 16.5. The molecule has 1 fully saturated rings. The van der Waals surface area contributed by atoms with Gasteiger partial charge in [-0.15, -0.1) is 0 Å². The Kier molecular flexibility index (Phi) is 4.85. The third-order valence-corrected chi connectivity index (χ3v) is 6.06. The second kappa shape index (κ2) is 7.71. The van der Waals surface area contributed by atoms with Gasteiger partial charge in [0, 0.05) is 17.7 Å². The van der Waals surface area contributed by atoms with Crippen LogP contribution in [0, 0.1) is 0 Å². The molecule has 2 aliphatic rings. The van der Waals surface area contributed by atoms with Crippen molar-refractivity contribution in [2.75, 3.05) is 11.5 Å². The summed E-state index contributed by atoms with van der Waals surface area (Å²) in [6, 6.07) is 15.4. The topological polar surface area (TPSA) is 80.0 Å². The first-order valence-corrected chi connectivity index (χ1v) is 10.7. The summed E-state index contributed by atoms with van der Waals surface area (Å²) in [4.78, 5) is 27.7. The fraction of sp³-hybridized carbons (Fsp3) is 0.231. The van der Waals surface area contributed by atoms with Crippen molar-refractivity contribution in [3.05, 3.63) is 88.9 Å². The Morgan fingerprint density at radius 2 is 1.88 bits per heavy atom. The number of fused-ring (bicyclic) bond motifs is 1. The van der Waals surface area contributed by atoms with Crippen molar-refractivity contribution < 1.29 is 23.8 Å². The molecule has 1 saturated heterocycles. The molecule has 6 nitrogen and oxygen atoms in total. The van der Waals surface area contributed by atoms with Crippen LogP contribution < -0.4 is 9.64 Å². The van der Waals surface area contributed by atoms with E-state index in [0.29, 0.717) is 29.5 Å². The minimum Gasteiger partial charge on any atom is -0.507 e. The van der Waals surface area contributed by atoms with Crippen LogP contribution in [0.4, 0.5) is 5.69 Å². The van der Waals surface area contributed by atoms with Gasteiger partial charge in [-0.25, -0.2) is 0 Å². The Labute approximate surface area is 185 Å². The summed E-state index contributed by atoms with van der Waals surface area (Å²) in [6.45, 7) is 4.76. The highest BCUT2D eigenvalue weighted by Crippen LogP contribution is 2.43. The summed E-state index contributed by atoms with van der Waals surface area (Å²) < 4.78 is 11.1. The zero-order valence-corrected chi connectivity index (χ0v) is 17.9. The molecule has 1 aromatic heterocycles. The van der Waals surface area contributed by atoms with E-state index in [4.69, 9.17) is 9.15 Å². The highest BCUT2D eigenvalue weighted by molar-refractivity contribution is 6.51. The van der Waals surface area contributed by atoms with Gasteiger partial charge in [-0.3, -0.25) is 14.5 Å². The fourth-order valence-corrected chi connectivity index (χ4v) is 4.32. The standard InChI is InChI=1S/C26H23NO5/c1-15(2)16-5-8-19(9-6-16)27-23(21-4-3-12-31-21)22(25(29)26(27)30)24(28)18-7-10-20-17(14-18)11-13-32-20/h3-10,12,14-15,23,28H,11,13H2,1-2H3/b24-22-. The van der Waals surface area contributed by atoms with Crippen LogP contribution in [-0.4, -0.2) is 23.4 Å². The number of rotatable bonds is 4. The smallest absolute Gasteiger partial charge is 0.300 e. The SMILES string of the molecule is CC(C)c1ccc(N2C(=O)C(=O)/C(=C(\O)c3ccc4c(c3)CCO4)C2c2ccco2)cc1. The van der Waals surface area contributed by atoms with Crippen molar-refractivity contribution in [2.45, 2.75) is 32.2 Å². The van der Waals surface area contributed by atoms with E-state index in [2.05, 4.69) is 13.8 Å². The minimum absolute atomic E-state index is 0.0109. The van der Waals surface area contributed by atoms with Crippen molar-refractivity contribution in [2.24, 2.45) is 0 Å². The van der Waals surface area contributed by atoms with Crippen molar-refractivity contribution >= 4 is 23.1 Å². The average molecular weight is 429 g/mol. The number of aliphatic hydroxyl groups excluding tert-OH is 1. The van der Waals surface area contributed by atoms with Crippen LogP contribution in [0.1, 0.15) is 48.3 Å². The molecule has 1 atom stereocenters. The molecular formula is C26H23NO5. The molecular weight excluding hydrogens is 406 g/mol. The number of nitrogens with zero attached hydrogens (tertiary/aromatic N) is 1. The number of aliphatic hydroxyl groups is 1. The van der Waals surface area contributed by atoms with Crippen molar-refractivity contribution in [3.63, 3.8) is 0 Å². The molecule has 1 unspecified atom stereocenters. The number of benzene rings is 2. The van der Waals surface area contributed by atoms with Crippen LogP contribution in [-0.2, 0) is 16.0 Å². The second-order valence-corrected chi connectivity index (χ2v) is 8.35. The molecule has 1 N–H and O–H groups in total. The van der Waals surface area contributed by atoms with Crippen molar-refractivity contribution in [1.29, 1.82) is 0 Å². The van der Waals surface area contributed by atoms with E-state index < -0.39 is 17.7 Å². The highest BCUT2D eigenvalue weighted by Gasteiger charge is 2.48. The second-order valence-electron chi connectivity index (χ2n) is 8.35. The van der Waals surface area contributed by atoms with E-state index in [1.54, 1.807) is 24.3 Å². The Morgan fingerprint density at radius 1 is 1.09 bits per heavy atom. The van der Waals surface area contributed by atoms with Gasteiger partial charge in [0.15, 0.2) is 0 Å². The average Bonchev–Trinajstić information content (AvgIpc) is 3.53. The first-order valence-electron chi connectivity index (χ1n) is 10.7. The summed E-state index contributed by atoms with van der Waals surface area (Å²) in [5, 5.41) is 11.2. The molecule has 3 aromatic rings. The molecule has 2 aromatic carbocycles. The number of carbonyl (C=O) groups excluding carboxylic acids is 2. The van der Waals surface area contributed by atoms with E-state index in [1.165, 1.54) is 11.2 Å². The van der Waals surface area contributed by atoms with E-state index in [9.17, 15) is 14.7 Å². The van der Waals surface area contributed by atoms with Gasteiger partial charge in [-0.2, -0.15) is 0 Å². The van der Waals surface area contributed by atoms with Crippen molar-refractivity contribution in [3.8, 4) is 5.75 Å². The van der Waals surface area contributed by atoms with E-state index in [0.717, 1.165) is 23.3 Å². The minimum atomic E-state index is -0.862. The van der Waals surface area contributed by atoms with Gasteiger partial charge in [0.05, 0.1) is 18.4 Å². The molecule has 1 amide bonds. The molecule has 3 heterocycles. The van der Waals surface area contributed by atoms with Crippen molar-refractivity contribution in [1.82, 2.24) is 0 Å². The Hall–Kier alpha value is -3.80. The maximum atomic E-state index is 13.1. The van der Waals surface area contributed by atoms with Crippen LogP contribution >= 0.6 is 0 Å². The number of Topliss-reactive ketones (excluding diaryl/α,β-unsaturated/α-hetero) is 1. The zero-order valence-electron chi connectivity index (χ0n) is 17.9. The zero-order chi connectivity index (χ0) is 22.4. The number of hydrogen-bond acceptors (Lipinski definition) is 5. The molecule has 0 bridgehead atoms. The molecule has 6 heteroatoms. The van der Waals surface area contributed by atoms with Gasteiger partial charge in [0.2, 0.25) is 0 Å². The lowest BCUT2D eigenvalue weighted by atomic mass is 9.97. The number of carbonyl (C=O) groups is 2. The first kappa shape index (κ1) is 20.1. The number of ketones is 1. The number of hydrogen-bond donors (Lipinski definition) is 1. The number of furan rings is 1. The monoisotopic (exact) mass is 429 g/mol. The number of amides is 1. The quantitative estimate of drug-likeness (QED) is 0.360. The Bertz CT molecular complexity index is 1220. The molecule has 0 spiro atoms. The van der Waals surface area contributed by atoms with Gasteiger partial charge in [-0.1, -0.05) is 26.0 Å². The lowest BCUT2D eigenvalue weighted by Crippen LogP contribution is -2.29. The summed E-state index contributed by atoms with van der Waals surface area (Å²) >= 11 is 0. The normalized spacial score (nSPS) is 19.5. The van der Waals surface area contributed by atoms with Gasteiger partial charge < -0.3 is 14.3 Å². The first-order chi connectivity index (χ1) is 15.5. The Balaban J connectivity index is 1.64. The predicted molar refractivity (Wildman–Crippen MR) is 120 cm³/mol. The van der Waals surface area contributed by atoms with Crippen LogP contribution in [0.15, 0.2) is 70.9 Å². The maximum Gasteiger partial charge on any atom is 0.300 e. The van der Waals surface area contributed by atoms with E-state index in [-0.39, 0.29) is 11.3 Å². The molecule has 162 valence electrons. The fourth-order valence-electron chi connectivity index (χ4n) is 4.32. The Morgan fingerprint density at radius 3 is 2.56 bits per heavy atom. The molecule has 0 saturated carbocycles. The number of anilines is 1.